The van der Waals surface area contributed by atoms with Gasteiger partial charge in [0.1, 0.15) is 5.75 Å². The quantitative estimate of drug-likeness (QED) is 0.431. The van der Waals surface area contributed by atoms with Crippen LogP contribution in [0.2, 0.25) is 0 Å². The van der Waals surface area contributed by atoms with E-state index in [0.29, 0.717) is 5.75 Å². The van der Waals surface area contributed by atoms with E-state index in [1.54, 1.807) is 0 Å². The Kier molecular flexibility index (Phi) is 7.07. The molecule has 1 aromatic carbocycles. The highest BCUT2D eigenvalue weighted by Gasteiger charge is 2.24. The van der Waals surface area contributed by atoms with Gasteiger partial charge < -0.3 is 5.11 Å². The monoisotopic (exact) mass is 295 g/mol. The molecule has 0 unspecified atom stereocenters. The number of aromatic hydroxyl groups is 1. The summed E-state index contributed by atoms with van der Waals surface area (Å²) < 4.78 is 0. The third kappa shape index (κ3) is 7.25. The van der Waals surface area contributed by atoms with E-state index in [2.05, 4.69) is 34.6 Å². The molecule has 0 spiro atoms. The second kappa shape index (κ2) is 7.57. The van der Waals surface area contributed by atoms with Crippen molar-refractivity contribution in [2.24, 2.45) is 10.4 Å². The number of aryl methyl sites for hydroxylation is 2. The highest BCUT2D eigenvalue weighted by molar-refractivity contribution is 5.81. The molecule has 0 saturated carbocycles. The van der Waals surface area contributed by atoms with Crippen molar-refractivity contribution in [2.75, 3.05) is 0 Å². The van der Waals surface area contributed by atoms with E-state index in [4.69, 9.17) is 15.5 Å². The van der Waals surface area contributed by atoms with E-state index in [1.165, 1.54) is 0 Å². The van der Waals surface area contributed by atoms with Gasteiger partial charge >= 0.3 is 0 Å². The van der Waals surface area contributed by atoms with Gasteiger partial charge in [-0.05, 0) is 68.4 Å². The van der Waals surface area contributed by atoms with Crippen LogP contribution in [0.4, 0.5) is 0 Å². The predicted octanol–water partition coefficient (Wildman–Crippen LogP) is 4.66. The average molecular weight is 295 g/mol. The summed E-state index contributed by atoms with van der Waals surface area (Å²) in [6.07, 6.45) is 2.96. The minimum Gasteiger partial charge on any atom is -0.507 e. The highest BCUT2D eigenvalue weighted by Crippen LogP contribution is 2.29. The second-order valence-electron chi connectivity index (χ2n) is 7.31. The largest absolute Gasteiger partial charge is 0.507 e. The van der Waals surface area contributed by atoms with Crippen LogP contribution in [0.1, 0.15) is 57.7 Å². The summed E-state index contributed by atoms with van der Waals surface area (Å²) >= 11 is 0. The number of hydrogen-bond donors (Lipinski definition) is 3. The van der Waals surface area contributed by atoms with Crippen LogP contribution in [-0.2, 0) is 0 Å². The van der Waals surface area contributed by atoms with Crippen LogP contribution in [0.15, 0.2) is 17.1 Å². The van der Waals surface area contributed by atoms with Crippen molar-refractivity contribution in [2.45, 2.75) is 60.4 Å². The van der Waals surface area contributed by atoms with Gasteiger partial charge in [-0.15, -0.1) is 0 Å². The number of benzene rings is 1. The van der Waals surface area contributed by atoms with E-state index < -0.39 is 0 Å². The summed E-state index contributed by atoms with van der Waals surface area (Å²) in [7, 11) is 0. The minimum absolute atomic E-state index is 0.0715. The molecule has 0 atom stereocenters. The van der Waals surface area contributed by atoms with Crippen LogP contribution in [0.25, 0.3) is 0 Å². The van der Waals surface area contributed by atoms with E-state index in [0.717, 1.165) is 23.1 Å². The first-order valence-corrected chi connectivity index (χ1v) is 7.06. The Hall–Kier alpha value is -1.39. The first kappa shape index (κ1) is 19.6. The molecule has 0 saturated heterocycles. The molecule has 4 nitrogen and oxygen atoms in total. The van der Waals surface area contributed by atoms with Crippen LogP contribution in [0, 0.1) is 19.3 Å². The van der Waals surface area contributed by atoms with E-state index in [1.807, 2.05) is 32.2 Å². The highest BCUT2D eigenvalue weighted by atomic mass is 17.0. The van der Waals surface area contributed by atoms with Gasteiger partial charge in [0.25, 0.3) is 0 Å². The van der Waals surface area contributed by atoms with Crippen LogP contribution in [0.5, 0.6) is 5.75 Å². The Morgan fingerprint density at radius 2 is 1.43 bits per heavy atom. The summed E-state index contributed by atoms with van der Waals surface area (Å²) in [4.78, 5) is 4.72. The van der Waals surface area contributed by atoms with Crippen molar-refractivity contribution in [3.63, 3.8) is 0 Å². The van der Waals surface area contributed by atoms with Gasteiger partial charge in [0.15, 0.2) is 0 Å². The lowest BCUT2D eigenvalue weighted by Gasteiger charge is -2.29. The number of hydrogen-bond acceptors (Lipinski definition) is 4. The number of aliphatic imine (C=N–C) groups is 1. The molecule has 120 valence electrons. The zero-order valence-electron chi connectivity index (χ0n) is 14.2. The fourth-order valence-corrected chi connectivity index (χ4v) is 2.66. The van der Waals surface area contributed by atoms with Crippen molar-refractivity contribution in [1.82, 2.24) is 0 Å². The zero-order valence-corrected chi connectivity index (χ0v) is 14.2. The van der Waals surface area contributed by atoms with Crippen LogP contribution in [0.3, 0.4) is 0 Å². The van der Waals surface area contributed by atoms with Crippen molar-refractivity contribution >= 4 is 6.21 Å². The summed E-state index contributed by atoms with van der Waals surface area (Å²) in [6.45, 7) is 14.9. The lowest BCUT2D eigenvalue weighted by Crippen LogP contribution is -2.25. The van der Waals surface area contributed by atoms with Crippen molar-refractivity contribution in [3.05, 3.63) is 28.8 Å². The second-order valence-corrected chi connectivity index (χ2v) is 7.31. The molecule has 0 aromatic heterocycles. The average Bonchev–Trinajstić information content (AvgIpc) is 2.33. The van der Waals surface area contributed by atoms with Crippen molar-refractivity contribution < 1.29 is 15.6 Å². The smallest absolute Gasteiger partial charge is 0.121 e. The van der Waals surface area contributed by atoms with Gasteiger partial charge in [0.05, 0.1) is 5.54 Å². The number of rotatable bonds is 3. The molecule has 0 aliphatic rings. The summed E-state index contributed by atoms with van der Waals surface area (Å²) in [5.41, 5.74) is 3.04. The fraction of sp³-hybridized carbons (Fsp3) is 0.588. The van der Waals surface area contributed by atoms with Crippen LogP contribution < -0.4 is 0 Å². The third-order valence-corrected chi connectivity index (χ3v) is 3.04. The Morgan fingerprint density at radius 1 is 1.00 bits per heavy atom. The molecule has 0 heterocycles. The molecule has 0 aliphatic carbocycles. The molecule has 4 heteroatoms. The minimum atomic E-state index is -0.0715. The SMILES string of the molecule is Cc1cc(C=NC(C)(C)CC(C)(C)C)cc(C)c1O.OO. The van der Waals surface area contributed by atoms with Crippen molar-refractivity contribution in [1.29, 1.82) is 0 Å². The molecular formula is C17H29NO3. The van der Waals surface area contributed by atoms with Gasteiger partial charge in [-0.1, -0.05) is 20.8 Å². The maximum absolute atomic E-state index is 9.77. The standard InChI is InChI=1S/C17H27NO.H2O2/c1-12-8-14(9-13(2)15(12)19)10-18-17(6,7)11-16(3,4)5;1-2/h8-10,19H,11H2,1-7H3;1-2H. The normalized spacial score (nSPS) is 12.2. The van der Waals surface area contributed by atoms with E-state index >= 15 is 0 Å². The number of nitrogens with zero attached hydrogens (tertiary/aromatic N) is 1. The molecule has 0 amide bonds. The van der Waals surface area contributed by atoms with Crippen LogP contribution >= 0.6 is 0 Å². The summed E-state index contributed by atoms with van der Waals surface area (Å²) in [5.74, 6) is 0.381. The van der Waals surface area contributed by atoms with Gasteiger partial charge in [-0.2, -0.15) is 0 Å². The summed E-state index contributed by atoms with van der Waals surface area (Å²) in [6, 6.07) is 3.94. The molecule has 1 rings (SSSR count). The topological polar surface area (TPSA) is 73.1 Å². The van der Waals surface area contributed by atoms with Gasteiger partial charge in [0, 0.05) is 6.21 Å². The molecule has 0 aliphatic heterocycles. The molecule has 3 N–H and O–H groups in total. The van der Waals surface area contributed by atoms with E-state index in [-0.39, 0.29) is 11.0 Å². The maximum atomic E-state index is 9.77. The number of phenolic OH excluding ortho intramolecular Hbond substituents is 1. The third-order valence-electron chi connectivity index (χ3n) is 3.04. The molecule has 21 heavy (non-hydrogen) atoms. The van der Waals surface area contributed by atoms with Gasteiger partial charge in [-0.3, -0.25) is 15.5 Å². The Balaban J connectivity index is 0.00000191. The fourth-order valence-electron chi connectivity index (χ4n) is 2.66. The number of phenols is 1. The maximum Gasteiger partial charge on any atom is 0.121 e. The lowest BCUT2D eigenvalue weighted by molar-refractivity contribution is -0.176. The molecule has 0 bridgehead atoms. The Labute approximate surface area is 128 Å². The molecule has 1 aromatic rings. The summed E-state index contributed by atoms with van der Waals surface area (Å²) in [5, 5.41) is 21.8. The molecular weight excluding hydrogens is 266 g/mol. The predicted molar refractivity (Wildman–Crippen MR) is 88.6 cm³/mol. The zero-order chi connectivity index (χ0) is 16.8. The van der Waals surface area contributed by atoms with Crippen LogP contribution in [-0.4, -0.2) is 27.4 Å². The Morgan fingerprint density at radius 3 is 1.81 bits per heavy atom. The van der Waals surface area contributed by atoms with Crippen molar-refractivity contribution in [3.8, 4) is 5.75 Å². The Bertz CT molecular complexity index is 462. The first-order chi connectivity index (χ1) is 9.50. The van der Waals surface area contributed by atoms with Gasteiger partial charge in [-0.25, -0.2) is 0 Å². The lowest BCUT2D eigenvalue weighted by atomic mass is 9.82. The molecule has 0 fully saturated rings. The molecule has 0 radical (unpaired) electrons. The van der Waals surface area contributed by atoms with E-state index in [9.17, 15) is 5.11 Å². The first-order valence-electron chi connectivity index (χ1n) is 7.06. The van der Waals surface area contributed by atoms with Gasteiger partial charge in [0.2, 0.25) is 0 Å².